The van der Waals surface area contributed by atoms with Gasteiger partial charge in [0, 0.05) is 61.3 Å². The van der Waals surface area contributed by atoms with E-state index in [1.807, 2.05) is 36.4 Å². The first-order valence-electron chi connectivity index (χ1n) is 19.2. The highest BCUT2D eigenvalue weighted by molar-refractivity contribution is 7.87. The van der Waals surface area contributed by atoms with Gasteiger partial charge in [-0.1, -0.05) is 62.6 Å². The number of nitrogens with one attached hydrogen (secondary N) is 1. The monoisotopic (exact) mass is 737 g/mol. The van der Waals surface area contributed by atoms with E-state index in [4.69, 9.17) is 4.74 Å². The van der Waals surface area contributed by atoms with Crippen molar-refractivity contribution in [1.29, 1.82) is 0 Å². The zero-order valence-corrected chi connectivity index (χ0v) is 32.1. The first-order chi connectivity index (χ1) is 25.5. The van der Waals surface area contributed by atoms with Crippen LogP contribution in [0.3, 0.4) is 0 Å². The third-order valence-corrected chi connectivity index (χ3v) is 14.2. The summed E-state index contributed by atoms with van der Waals surface area (Å²) < 4.78 is 37.6. The number of rotatable bonds is 7. The maximum absolute atomic E-state index is 15.5. The number of aromatic nitrogens is 1. The second kappa shape index (κ2) is 13.9. The van der Waals surface area contributed by atoms with Gasteiger partial charge in [-0.05, 0) is 92.1 Å². The van der Waals surface area contributed by atoms with Crippen molar-refractivity contribution in [2.75, 3.05) is 46.9 Å². The van der Waals surface area contributed by atoms with Crippen LogP contribution in [0.2, 0.25) is 0 Å². The second-order valence-electron chi connectivity index (χ2n) is 15.9. The minimum Gasteiger partial charge on any atom is -0.497 e. The topological polar surface area (TPSA) is 104 Å². The number of ether oxygens (including phenoxy) is 1. The molecule has 0 radical (unpaired) electrons. The highest BCUT2D eigenvalue weighted by atomic mass is 32.2. The summed E-state index contributed by atoms with van der Waals surface area (Å²) >= 11 is 0. The van der Waals surface area contributed by atoms with Crippen LogP contribution in [0.1, 0.15) is 97.3 Å². The van der Waals surface area contributed by atoms with Crippen LogP contribution in [0, 0.1) is 5.41 Å². The number of likely N-dealkylation sites (N-methyl/N-ethyl adjacent to an activating group) is 1. The van der Waals surface area contributed by atoms with E-state index in [1.54, 1.807) is 13.2 Å². The maximum atomic E-state index is 15.5. The zero-order chi connectivity index (χ0) is 37.1. The maximum Gasteiger partial charge on any atom is 0.304 e. The molecular formula is C42H51N5O5S. The molecule has 1 aliphatic carbocycles. The molecule has 4 heterocycles. The normalized spacial score (nSPS) is 24.2. The lowest BCUT2D eigenvalue weighted by Gasteiger charge is -2.46. The summed E-state index contributed by atoms with van der Waals surface area (Å²) in [6, 6.07) is 22.1. The number of fused-ring (bicyclic) bond motifs is 5. The van der Waals surface area contributed by atoms with Crippen LogP contribution in [-0.4, -0.2) is 85.8 Å². The van der Waals surface area contributed by atoms with Crippen LogP contribution in [0.15, 0.2) is 66.7 Å². The molecule has 280 valence electrons. The number of carbonyl (C=O) groups is 2. The molecule has 1 N–H and O–H groups in total. The average molecular weight is 738 g/mol. The van der Waals surface area contributed by atoms with Crippen LogP contribution in [0.25, 0.3) is 22.2 Å². The van der Waals surface area contributed by atoms with Crippen molar-refractivity contribution in [2.45, 2.75) is 76.8 Å². The van der Waals surface area contributed by atoms with Gasteiger partial charge in [-0.15, -0.1) is 0 Å². The lowest BCUT2D eigenvalue weighted by molar-refractivity contribution is -0.148. The lowest BCUT2D eigenvalue weighted by Crippen LogP contribution is -2.55. The van der Waals surface area contributed by atoms with E-state index >= 15 is 4.79 Å². The van der Waals surface area contributed by atoms with Crippen molar-refractivity contribution in [2.24, 2.45) is 5.41 Å². The van der Waals surface area contributed by atoms with Crippen LogP contribution in [-0.2, 0) is 21.5 Å². The number of hydrogen-bond donors (Lipinski definition) is 1. The Balaban J connectivity index is 1.31. The van der Waals surface area contributed by atoms with Crippen LogP contribution < -0.4 is 9.46 Å². The molecule has 4 aromatic rings. The summed E-state index contributed by atoms with van der Waals surface area (Å²) in [7, 11) is -0.129. The van der Waals surface area contributed by atoms with Gasteiger partial charge >= 0.3 is 10.2 Å². The number of piperazine rings is 1. The molecule has 10 nitrogen and oxygen atoms in total. The number of hydrogen-bond acceptors (Lipinski definition) is 6. The van der Waals surface area contributed by atoms with Gasteiger partial charge in [-0.2, -0.15) is 12.7 Å². The summed E-state index contributed by atoms with van der Waals surface area (Å²) in [6.45, 7) is 7.65. The molecule has 4 aliphatic rings. The smallest absolute Gasteiger partial charge is 0.304 e. The Kier molecular flexibility index (Phi) is 9.40. The third kappa shape index (κ3) is 6.24. The lowest BCUT2D eigenvalue weighted by atomic mass is 9.72. The van der Waals surface area contributed by atoms with Crippen molar-refractivity contribution in [3.8, 4) is 17.0 Å². The quantitative estimate of drug-likeness (QED) is 0.227. The van der Waals surface area contributed by atoms with Gasteiger partial charge in [0.25, 0.3) is 5.91 Å². The first-order valence-corrected chi connectivity index (χ1v) is 20.7. The molecule has 3 fully saturated rings. The van der Waals surface area contributed by atoms with E-state index in [0.29, 0.717) is 32.1 Å². The first kappa shape index (κ1) is 35.8. The summed E-state index contributed by atoms with van der Waals surface area (Å²) in [4.78, 5) is 33.5. The Hall–Kier alpha value is -4.19. The van der Waals surface area contributed by atoms with Crippen molar-refractivity contribution in [3.63, 3.8) is 0 Å². The highest BCUT2D eigenvalue weighted by Crippen LogP contribution is 2.53. The fraction of sp³-hybridized carbons (Fsp3) is 0.476. The Labute approximate surface area is 313 Å². The molecule has 0 spiro atoms. The molecular weight excluding hydrogens is 687 g/mol. The molecule has 3 aliphatic heterocycles. The van der Waals surface area contributed by atoms with Crippen LogP contribution in [0.5, 0.6) is 5.75 Å². The molecule has 2 saturated heterocycles. The minimum atomic E-state index is -3.93. The summed E-state index contributed by atoms with van der Waals surface area (Å²) in [5, 5.41) is 1.06. The predicted octanol–water partition coefficient (Wildman–Crippen LogP) is 6.68. The van der Waals surface area contributed by atoms with E-state index in [0.717, 1.165) is 84.2 Å². The molecule has 3 atom stereocenters. The Morgan fingerprint density at radius 1 is 0.906 bits per heavy atom. The number of carbonyl (C=O) groups excluding carboxylic acids is 2. The molecule has 2 amide bonds. The number of methoxy groups -OCH3 is 1. The molecule has 0 bridgehead atoms. The minimum absolute atomic E-state index is 0.0955. The number of benzene rings is 3. The molecule has 8 rings (SSSR count). The summed E-state index contributed by atoms with van der Waals surface area (Å²) in [5.41, 5.74) is 5.87. The van der Waals surface area contributed by atoms with E-state index in [-0.39, 0.29) is 23.4 Å². The molecule has 1 saturated carbocycles. The van der Waals surface area contributed by atoms with Gasteiger partial charge < -0.3 is 19.1 Å². The van der Waals surface area contributed by atoms with Gasteiger partial charge in [0.1, 0.15) is 5.75 Å². The fourth-order valence-corrected chi connectivity index (χ4v) is 10.5. The highest BCUT2D eigenvalue weighted by Gasteiger charge is 2.49. The van der Waals surface area contributed by atoms with Gasteiger partial charge in [0.2, 0.25) is 5.91 Å². The van der Waals surface area contributed by atoms with E-state index in [2.05, 4.69) is 64.2 Å². The van der Waals surface area contributed by atoms with Crippen LogP contribution in [0.4, 0.5) is 0 Å². The predicted molar refractivity (Wildman–Crippen MR) is 207 cm³/mol. The zero-order valence-electron chi connectivity index (χ0n) is 31.3. The second-order valence-corrected chi connectivity index (χ2v) is 17.6. The number of amides is 2. The van der Waals surface area contributed by atoms with Crippen molar-refractivity contribution in [3.05, 3.63) is 89.0 Å². The molecule has 3 unspecified atom stereocenters. The average Bonchev–Trinajstić information content (AvgIpc) is 3.41. The van der Waals surface area contributed by atoms with E-state index < -0.39 is 21.5 Å². The molecule has 53 heavy (non-hydrogen) atoms. The van der Waals surface area contributed by atoms with E-state index in [1.165, 1.54) is 16.3 Å². The van der Waals surface area contributed by atoms with Gasteiger partial charge in [0.05, 0.1) is 24.3 Å². The summed E-state index contributed by atoms with van der Waals surface area (Å²) in [6.07, 6.45) is 6.44. The van der Waals surface area contributed by atoms with Gasteiger partial charge in [-0.3, -0.25) is 9.59 Å². The standard InChI is InChI=1S/C42H51N5O5S/c1-28-35-25-32(52-4)17-19-33(35)39-38(30-14-9-6-10-15-30)34-18-16-31(40(48)43-53(50,51)45-20-11-21-45)24-36(34)47(39)27-42(28,2)41(49)46-23-22-44(3)26-37(46)29-12-7-5-8-13-29/h5,7-8,12-13,16-19,24-25,28,30,37H,6,9-11,14-15,20-23,26-27H2,1-4H3,(H,43,48). The Morgan fingerprint density at radius 3 is 2.36 bits per heavy atom. The largest absolute Gasteiger partial charge is 0.497 e. The van der Waals surface area contributed by atoms with Gasteiger partial charge in [0.15, 0.2) is 0 Å². The number of nitrogens with zero attached hydrogens (tertiary/aromatic N) is 4. The van der Waals surface area contributed by atoms with Gasteiger partial charge in [-0.25, -0.2) is 4.72 Å². The Bertz CT molecular complexity index is 2160. The van der Waals surface area contributed by atoms with E-state index in [9.17, 15) is 13.2 Å². The van der Waals surface area contributed by atoms with Crippen molar-refractivity contribution >= 4 is 32.9 Å². The Morgan fingerprint density at radius 2 is 1.66 bits per heavy atom. The fourth-order valence-electron chi connectivity index (χ4n) is 9.30. The van der Waals surface area contributed by atoms with Crippen LogP contribution >= 0.6 is 0 Å². The molecule has 3 aromatic carbocycles. The third-order valence-electron chi connectivity index (χ3n) is 12.7. The van der Waals surface area contributed by atoms with Crippen molar-refractivity contribution < 1.29 is 22.7 Å². The summed E-state index contributed by atoms with van der Waals surface area (Å²) in [5.74, 6) is 0.336. The molecule has 11 heteroatoms. The SMILES string of the molecule is COc1ccc2c(c1)C(C)C(C)(C(=O)N1CCN(C)CC1c1ccccc1)Cn1c-2c(C2CCCCC2)c2ccc(C(=O)NS(=O)(=O)N3CCC3)cc21. The van der Waals surface area contributed by atoms with Crippen molar-refractivity contribution in [1.82, 2.24) is 23.4 Å². The molecule has 1 aromatic heterocycles.